The van der Waals surface area contributed by atoms with Crippen molar-refractivity contribution in [2.75, 3.05) is 13.2 Å². The first kappa shape index (κ1) is 19.4. The molecule has 136 valence electrons. The number of amides is 2. The Bertz CT molecular complexity index is 598. The smallest absolute Gasteiger partial charge is 0.308 e. The van der Waals surface area contributed by atoms with Crippen LogP contribution in [-0.2, 0) is 14.3 Å². The maximum atomic E-state index is 11.9. The van der Waals surface area contributed by atoms with Crippen molar-refractivity contribution in [2.45, 2.75) is 44.6 Å². The van der Waals surface area contributed by atoms with E-state index in [2.05, 4.69) is 26.6 Å². The Morgan fingerprint density at radius 1 is 1.08 bits per heavy atom. The van der Waals surface area contributed by atoms with Crippen LogP contribution in [0.1, 0.15) is 48.9 Å². The Labute approximate surface area is 155 Å². The van der Waals surface area contributed by atoms with Gasteiger partial charge in [-0.3, -0.25) is 14.4 Å². The first-order valence-corrected chi connectivity index (χ1v) is 9.32. The van der Waals surface area contributed by atoms with Gasteiger partial charge in [0.15, 0.2) is 6.61 Å². The third-order valence-corrected chi connectivity index (χ3v) is 4.58. The maximum absolute atomic E-state index is 11.9. The molecule has 0 unspecified atom stereocenters. The van der Waals surface area contributed by atoms with E-state index in [0.717, 1.165) is 30.2 Å². The van der Waals surface area contributed by atoms with Gasteiger partial charge < -0.3 is 15.4 Å². The summed E-state index contributed by atoms with van der Waals surface area (Å²) in [4.78, 5) is 35.3. The molecule has 1 aliphatic rings. The number of ether oxygens (including phenoxy) is 1. The lowest BCUT2D eigenvalue weighted by atomic mass is 9.95. The van der Waals surface area contributed by atoms with Crippen molar-refractivity contribution in [1.82, 2.24) is 10.6 Å². The zero-order valence-electron chi connectivity index (χ0n) is 14.1. The topological polar surface area (TPSA) is 84.5 Å². The van der Waals surface area contributed by atoms with Gasteiger partial charge in [0.1, 0.15) is 0 Å². The Morgan fingerprint density at radius 3 is 2.44 bits per heavy atom. The highest BCUT2D eigenvalue weighted by Crippen LogP contribution is 2.17. The number of rotatable bonds is 7. The van der Waals surface area contributed by atoms with E-state index < -0.39 is 5.97 Å². The van der Waals surface area contributed by atoms with Gasteiger partial charge in [-0.2, -0.15) is 0 Å². The minimum atomic E-state index is -0.505. The Morgan fingerprint density at radius 2 is 1.76 bits per heavy atom. The largest absolute Gasteiger partial charge is 0.456 e. The molecular weight excluding hydrogens is 388 g/mol. The summed E-state index contributed by atoms with van der Waals surface area (Å²) in [5.41, 5.74) is 0.517. The summed E-state index contributed by atoms with van der Waals surface area (Å²) in [6, 6.07) is 7.12. The predicted molar refractivity (Wildman–Crippen MR) is 97.1 cm³/mol. The molecule has 0 aromatic heterocycles. The summed E-state index contributed by atoms with van der Waals surface area (Å²) in [5, 5.41) is 5.53. The van der Waals surface area contributed by atoms with E-state index in [1.165, 1.54) is 6.42 Å². The fraction of sp³-hybridized carbons (Fsp3) is 0.500. The monoisotopic (exact) mass is 410 g/mol. The number of hydrogen-bond donors (Lipinski definition) is 2. The maximum Gasteiger partial charge on any atom is 0.308 e. The van der Waals surface area contributed by atoms with Crippen molar-refractivity contribution in [3.8, 4) is 0 Å². The highest BCUT2D eigenvalue weighted by atomic mass is 79.9. The van der Waals surface area contributed by atoms with Crippen molar-refractivity contribution in [2.24, 2.45) is 0 Å². The van der Waals surface area contributed by atoms with Crippen molar-refractivity contribution >= 4 is 33.7 Å². The summed E-state index contributed by atoms with van der Waals surface area (Å²) in [6.45, 7) is -0.103. The zero-order valence-corrected chi connectivity index (χ0v) is 15.6. The van der Waals surface area contributed by atoms with Crippen LogP contribution in [0.2, 0.25) is 0 Å². The van der Waals surface area contributed by atoms with E-state index in [9.17, 15) is 14.4 Å². The Balaban J connectivity index is 1.59. The third-order valence-electron chi connectivity index (χ3n) is 4.06. The Hall–Kier alpha value is -1.89. The van der Waals surface area contributed by atoms with Crippen LogP contribution < -0.4 is 10.6 Å². The molecule has 0 atom stereocenters. The van der Waals surface area contributed by atoms with Crippen LogP contribution >= 0.6 is 15.9 Å². The number of carbonyl (C=O) groups is 3. The van der Waals surface area contributed by atoms with E-state index in [4.69, 9.17) is 4.74 Å². The molecule has 0 radical (unpaired) electrons. The molecule has 0 spiro atoms. The second-order valence-electron chi connectivity index (χ2n) is 6.08. The van der Waals surface area contributed by atoms with E-state index >= 15 is 0 Å². The van der Waals surface area contributed by atoms with Crippen LogP contribution in [-0.4, -0.2) is 37.0 Å². The fourth-order valence-electron chi connectivity index (χ4n) is 2.72. The van der Waals surface area contributed by atoms with Crippen molar-refractivity contribution < 1.29 is 19.1 Å². The van der Waals surface area contributed by atoms with Gasteiger partial charge in [-0.15, -0.1) is 0 Å². The number of halogens is 1. The second kappa shape index (κ2) is 10.2. The predicted octanol–water partition coefficient (Wildman–Crippen LogP) is 2.56. The van der Waals surface area contributed by atoms with Crippen molar-refractivity contribution in [3.63, 3.8) is 0 Å². The molecule has 2 rings (SSSR count). The molecule has 0 bridgehead atoms. The normalized spacial score (nSPS) is 14.6. The molecule has 2 N–H and O–H groups in total. The van der Waals surface area contributed by atoms with Crippen LogP contribution in [0.15, 0.2) is 28.7 Å². The quantitative estimate of drug-likeness (QED) is 0.676. The molecule has 1 aromatic rings. The van der Waals surface area contributed by atoms with Crippen LogP contribution in [0.25, 0.3) is 0 Å². The van der Waals surface area contributed by atoms with E-state index in [0.29, 0.717) is 5.56 Å². The lowest BCUT2D eigenvalue weighted by Gasteiger charge is -2.22. The first-order valence-electron chi connectivity index (χ1n) is 8.53. The summed E-state index contributed by atoms with van der Waals surface area (Å²) in [7, 11) is 0. The van der Waals surface area contributed by atoms with E-state index in [1.54, 1.807) is 24.3 Å². The van der Waals surface area contributed by atoms with Crippen LogP contribution in [0.3, 0.4) is 0 Å². The van der Waals surface area contributed by atoms with Gasteiger partial charge in [-0.1, -0.05) is 35.2 Å². The van der Waals surface area contributed by atoms with Crippen LogP contribution in [0, 0.1) is 0 Å². The van der Waals surface area contributed by atoms with Gasteiger partial charge in [0.2, 0.25) is 0 Å². The molecule has 1 aliphatic carbocycles. The molecule has 0 saturated heterocycles. The molecule has 1 fully saturated rings. The summed E-state index contributed by atoms with van der Waals surface area (Å²) in [6.07, 6.45) is 5.47. The van der Waals surface area contributed by atoms with E-state index in [1.807, 2.05) is 0 Å². The van der Waals surface area contributed by atoms with Gasteiger partial charge in [-0.05, 0) is 37.1 Å². The van der Waals surface area contributed by atoms with Crippen LogP contribution in [0.5, 0.6) is 0 Å². The van der Waals surface area contributed by atoms with Gasteiger partial charge in [0, 0.05) is 22.6 Å². The number of hydrogen-bond acceptors (Lipinski definition) is 4. The summed E-state index contributed by atoms with van der Waals surface area (Å²) < 4.78 is 5.83. The molecule has 1 saturated carbocycles. The average molecular weight is 411 g/mol. The summed E-state index contributed by atoms with van der Waals surface area (Å²) in [5.74, 6) is -1.02. The fourth-order valence-corrected chi connectivity index (χ4v) is 2.98. The standard InChI is InChI=1S/C18H23BrN2O4/c19-14-8-6-13(7-9-14)18(24)20-11-10-17(23)25-12-16(22)21-15-4-2-1-3-5-15/h6-9,15H,1-5,10-12H2,(H,20,24)(H,21,22). The average Bonchev–Trinajstić information content (AvgIpc) is 2.61. The summed E-state index contributed by atoms with van der Waals surface area (Å²) >= 11 is 3.30. The molecule has 0 aliphatic heterocycles. The molecule has 0 heterocycles. The van der Waals surface area contributed by atoms with E-state index in [-0.39, 0.29) is 37.4 Å². The lowest BCUT2D eigenvalue weighted by Crippen LogP contribution is -2.38. The highest BCUT2D eigenvalue weighted by Gasteiger charge is 2.16. The van der Waals surface area contributed by atoms with Gasteiger partial charge >= 0.3 is 5.97 Å². The minimum Gasteiger partial charge on any atom is -0.456 e. The van der Waals surface area contributed by atoms with Crippen molar-refractivity contribution in [1.29, 1.82) is 0 Å². The van der Waals surface area contributed by atoms with Crippen molar-refractivity contribution in [3.05, 3.63) is 34.3 Å². The molecule has 1 aromatic carbocycles. The number of benzene rings is 1. The SMILES string of the molecule is O=C(COC(=O)CCNC(=O)c1ccc(Br)cc1)NC1CCCCC1. The molecule has 7 heteroatoms. The zero-order chi connectivity index (χ0) is 18.1. The number of nitrogens with one attached hydrogen (secondary N) is 2. The number of esters is 1. The number of carbonyl (C=O) groups excluding carboxylic acids is 3. The molecular formula is C18H23BrN2O4. The second-order valence-corrected chi connectivity index (χ2v) is 6.99. The molecule has 6 nitrogen and oxygen atoms in total. The Kier molecular flexibility index (Phi) is 7.91. The molecule has 25 heavy (non-hydrogen) atoms. The minimum absolute atomic E-state index is 0.0268. The lowest BCUT2D eigenvalue weighted by molar-refractivity contribution is -0.148. The van der Waals surface area contributed by atoms with Gasteiger partial charge in [0.25, 0.3) is 11.8 Å². The first-order chi connectivity index (χ1) is 12.0. The highest BCUT2D eigenvalue weighted by molar-refractivity contribution is 9.10. The molecule has 2 amide bonds. The third kappa shape index (κ3) is 7.25. The van der Waals surface area contributed by atoms with Gasteiger partial charge in [0.05, 0.1) is 6.42 Å². The van der Waals surface area contributed by atoms with Crippen LogP contribution in [0.4, 0.5) is 0 Å². The van der Waals surface area contributed by atoms with Gasteiger partial charge in [-0.25, -0.2) is 0 Å².